The third-order valence-electron chi connectivity index (χ3n) is 3.18. The molecule has 100 valence electrons. The molecule has 0 bridgehead atoms. The van der Waals surface area contributed by atoms with Gasteiger partial charge in [0.1, 0.15) is 5.69 Å². The first-order chi connectivity index (χ1) is 8.58. The standard InChI is InChI=1S/C13H19BrN2OS/c1-9(2)16-7-11(14)5-12(16)13(17)15-6-10-3-4-18-8-10/h5,7,9-10H,3-4,6,8H2,1-2H3,(H,15,17). The van der Waals surface area contributed by atoms with E-state index in [1.54, 1.807) is 0 Å². The van der Waals surface area contributed by atoms with E-state index in [0.717, 1.165) is 16.7 Å². The van der Waals surface area contributed by atoms with E-state index in [1.165, 1.54) is 17.9 Å². The molecule has 1 N–H and O–H groups in total. The lowest BCUT2D eigenvalue weighted by Crippen LogP contribution is -2.31. The molecule has 1 unspecified atom stereocenters. The largest absolute Gasteiger partial charge is 0.350 e. The summed E-state index contributed by atoms with van der Waals surface area (Å²) in [6, 6.07) is 2.18. The Balaban J connectivity index is 1.99. The Bertz CT molecular complexity index is 425. The quantitative estimate of drug-likeness (QED) is 0.918. The predicted molar refractivity (Wildman–Crippen MR) is 80.3 cm³/mol. The molecule has 0 radical (unpaired) electrons. The van der Waals surface area contributed by atoms with Gasteiger partial charge in [0.2, 0.25) is 0 Å². The van der Waals surface area contributed by atoms with Crippen LogP contribution in [-0.4, -0.2) is 28.5 Å². The lowest BCUT2D eigenvalue weighted by Gasteiger charge is -2.14. The maximum absolute atomic E-state index is 12.2. The van der Waals surface area contributed by atoms with Gasteiger partial charge in [-0.1, -0.05) is 0 Å². The minimum absolute atomic E-state index is 0.0336. The van der Waals surface area contributed by atoms with Gasteiger partial charge in [0.05, 0.1) is 0 Å². The van der Waals surface area contributed by atoms with Crippen LogP contribution in [0.5, 0.6) is 0 Å². The van der Waals surface area contributed by atoms with Gasteiger partial charge in [0.15, 0.2) is 0 Å². The van der Waals surface area contributed by atoms with Crippen molar-refractivity contribution in [2.75, 3.05) is 18.1 Å². The molecule has 0 saturated carbocycles. The van der Waals surface area contributed by atoms with E-state index in [2.05, 4.69) is 35.1 Å². The topological polar surface area (TPSA) is 34.0 Å². The van der Waals surface area contributed by atoms with Crippen molar-refractivity contribution in [3.63, 3.8) is 0 Å². The summed E-state index contributed by atoms with van der Waals surface area (Å²) in [7, 11) is 0. The number of amides is 1. The summed E-state index contributed by atoms with van der Waals surface area (Å²) < 4.78 is 2.96. The maximum atomic E-state index is 12.2. The Morgan fingerprint density at radius 3 is 3.06 bits per heavy atom. The third-order valence-corrected chi connectivity index (χ3v) is 4.84. The predicted octanol–water partition coefficient (Wildman–Crippen LogP) is 3.31. The van der Waals surface area contributed by atoms with Crippen LogP contribution in [0.25, 0.3) is 0 Å². The van der Waals surface area contributed by atoms with Crippen LogP contribution in [0.3, 0.4) is 0 Å². The summed E-state index contributed by atoms with van der Waals surface area (Å²) in [5, 5.41) is 3.06. The van der Waals surface area contributed by atoms with Crippen LogP contribution in [0.1, 0.15) is 36.8 Å². The van der Waals surface area contributed by atoms with Crippen molar-refractivity contribution >= 4 is 33.6 Å². The molecule has 18 heavy (non-hydrogen) atoms. The second-order valence-electron chi connectivity index (χ2n) is 4.98. The number of hydrogen-bond donors (Lipinski definition) is 1. The molecule has 1 aliphatic heterocycles. The number of carbonyl (C=O) groups excluding carboxylic acids is 1. The molecule has 1 amide bonds. The molecule has 0 spiro atoms. The van der Waals surface area contributed by atoms with Crippen molar-refractivity contribution in [3.05, 3.63) is 22.4 Å². The number of rotatable bonds is 4. The molecule has 1 aliphatic rings. The van der Waals surface area contributed by atoms with E-state index < -0.39 is 0 Å². The van der Waals surface area contributed by atoms with Crippen LogP contribution in [0, 0.1) is 5.92 Å². The number of halogens is 1. The van der Waals surface area contributed by atoms with E-state index in [1.807, 2.05) is 28.6 Å². The molecule has 3 nitrogen and oxygen atoms in total. The smallest absolute Gasteiger partial charge is 0.267 e. The van der Waals surface area contributed by atoms with Crippen molar-refractivity contribution in [1.29, 1.82) is 0 Å². The zero-order chi connectivity index (χ0) is 13.1. The highest BCUT2D eigenvalue weighted by Crippen LogP contribution is 2.23. The van der Waals surface area contributed by atoms with Gasteiger partial charge < -0.3 is 9.88 Å². The van der Waals surface area contributed by atoms with Crippen molar-refractivity contribution < 1.29 is 4.79 Å². The molecule has 2 rings (SSSR count). The molecule has 1 saturated heterocycles. The summed E-state index contributed by atoms with van der Waals surface area (Å²) in [4.78, 5) is 12.2. The highest BCUT2D eigenvalue weighted by atomic mass is 79.9. The summed E-state index contributed by atoms with van der Waals surface area (Å²) in [6.07, 6.45) is 3.19. The molecule has 0 aromatic carbocycles. The first-order valence-corrected chi connectivity index (χ1v) is 8.26. The minimum atomic E-state index is 0.0336. The normalized spacial score (nSPS) is 19.4. The third kappa shape index (κ3) is 3.32. The summed E-state index contributed by atoms with van der Waals surface area (Å²) in [6.45, 7) is 4.96. The lowest BCUT2D eigenvalue weighted by molar-refractivity contribution is 0.0937. The van der Waals surface area contributed by atoms with Gasteiger partial charge in [-0.3, -0.25) is 4.79 Å². The maximum Gasteiger partial charge on any atom is 0.267 e. The van der Waals surface area contributed by atoms with Crippen LogP contribution in [0.4, 0.5) is 0 Å². The molecular weight excluding hydrogens is 312 g/mol. The van der Waals surface area contributed by atoms with E-state index >= 15 is 0 Å². The lowest BCUT2D eigenvalue weighted by atomic mass is 10.1. The number of thioether (sulfide) groups is 1. The average Bonchev–Trinajstić information content (AvgIpc) is 2.94. The number of carbonyl (C=O) groups is 1. The van der Waals surface area contributed by atoms with Crippen molar-refractivity contribution in [2.45, 2.75) is 26.3 Å². The Labute approximate surface area is 121 Å². The SMILES string of the molecule is CC(C)n1cc(Br)cc1C(=O)NCC1CCSC1. The Kier molecular flexibility index (Phi) is 4.78. The van der Waals surface area contributed by atoms with Crippen LogP contribution in [0.15, 0.2) is 16.7 Å². The monoisotopic (exact) mass is 330 g/mol. The van der Waals surface area contributed by atoms with Crippen LogP contribution >= 0.6 is 27.7 Å². The van der Waals surface area contributed by atoms with Crippen LogP contribution in [-0.2, 0) is 0 Å². The molecular formula is C13H19BrN2OS. The van der Waals surface area contributed by atoms with Gasteiger partial charge in [-0.05, 0) is 59.7 Å². The Hall–Kier alpha value is -0.420. The Morgan fingerprint density at radius 1 is 1.67 bits per heavy atom. The summed E-state index contributed by atoms with van der Waals surface area (Å²) in [5.74, 6) is 3.08. The molecule has 1 fully saturated rings. The van der Waals surface area contributed by atoms with Gasteiger partial charge >= 0.3 is 0 Å². The fraction of sp³-hybridized carbons (Fsp3) is 0.615. The highest BCUT2D eigenvalue weighted by Gasteiger charge is 2.19. The van der Waals surface area contributed by atoms with Gasteiger partial charge in [-0.2, -0.15) is 11.8 Å². The van der Waals surface area contributed by atoms with Crippen molar-refractivity contribution in [1.82, 2.24) is 9.88 Å². The first-order valence-electron chi connectivity index (χ1n) is 6.31. The molecule has 0 aliphatic carbocycles. The first kappa shape index (κ1) is 14.0. The van der Waals surface area contributed by atoms with E-state index in [0.29, 0.717) is 12.0 Å². The highest BCUT2D eigenvalue weighted by molar-refractivity contribution is 9.10. The van der Waals surface area contributed by atoms with Gasteiger partial charge in [-0.25, -0.2) is 0 Å². The van der Waals surface area contributed by atoms with Crippen LogP contribution < -0.4 is 5.32 Å². The van der Waals surface area contributed by atoms with Gasteiger partial charge in [0, 0.05) is 23.3 Å². The minimum Gasteiger partial charge on any atom is -0.350 e. The zero-order valence-corrected chi connectivity index (χ0v) is 13.2. The van der Waals surface area contributed by atoms with E-state index in [9.17, 15) is 4.79 Å². The van der Waals surface area contributed by atoms with Crippen LogP contribution in [0.2, 0.25) is 0 Å². The molecule has 1 aromatic heterocycles. The number of aromatic nitrogens is 1. The second-order valence-corrected chi connectivity index (χ2v) is 7.05. The van der Waals surface area contributed by atoms with E-state index in [-0.39, 0.29) is 5.91 Å². The molecule has 1 aromatic rings. The summed E-state index contributed by atoms with van der Waals surface area (Å²) in [5.41, 5.74) is 0.738. The fourth-order valence-corrected chi connectivity index (χ4v) is 3.85. The molecule has 2 heterocycles. The fourth-order valence-electron chi connectivity index (χ4n) is 2.13. The molecule has 1 atom stereocenters. The number of nitrogens with one attached hydrogen (secondary N) is 1. The molecule has 5 heteroatoms. The van der Waals surface area contributed by atoms with Gasteiger partial charge in [0.25, 0.3) is 5.91 Å². The van der Waals surface area contributed by atoms with Gasteiger partial charge in [-0.15, -0.1) is 0 Å². The van der Waals surface area contributed by atoms with E-state index in [4.69, 9.17) is 0 Å². The number of hydrogen-bond acceptors (Lipinski definition) is 2. The number of nitrogens with zero attached hydrogens (tertiary/aromatic N) is 1. The average molecular weight is 331 g/mol. The second kappa shape index (κ2) is 6.15. The van der Waals surface area contributed by atoms with Crippen molar-refractivity contribution in [2.24, 2.45) is 5.92 Å². The van der Waals surface area contributed by atoms with Crippen molar-refractivity contribution in [3.8, 4) is 0 Å². The zero-order valence-electron chi connectivity index (χ0n) is 10.8. The summed E-state index contributed by atoms with van der Waals surface area (Å²) >= 11 is 5.41. The Morgan fingerprint density at radius 2 is 2.44 bits per heavy atom.